The summed E-state index contributed by atoms with van der Waals surface area (Å²) in [4.78, 5) is 10.1. The third kappa shape index (κ3) is 3.27. The average Bonchev–Trinajstić information content (AvgIpc) is 3.74. The van der Waals surface area contributed by atoms with Gasteiger partial charge in [-0.05, 0) is 60.7 Å². The van der Waals surface area contributed by atoms with Gasteiger partial charge in [-0.25, -0.2) is 9.97 Å². The third-order valence-corrected chi connectivity index (χ3v) is 10.6. The van der Waals surface area contributed by atoms with Crippen molar-refractivity contribution in [2.45, 2.75) is 18.8 Å². The van der Waals surface area contributed by atoms with Crippen LogP contribution in [0.1, 0.15) is 18.9 Å². The Bertz CT molecular complexity index is 2890. The molecule has 3 aromatic heterocycles. The van der Waals surface area contributed by atoms with E-state index in [-0.39, 0.29) is 5.41 Å². The van der Waals surface area contributed by atoms with Gasteiger partial charge in [0.15, 0.2) is 5.82 Å². The molecule has 1 aliphatic carbocycles. The number of para-hydroxylation sites is 2. The van der Waals surface area contributed by atoms with E-state index in [1.165, 1.54) is 43.8 Å². The first-order valence-corrected chi connectivity index (χ1v) is 16.2. The minimum atomic E-state index is -0.0198. The van der Waals surface area contributed by atoms with Crippen LogP contribution in [0.15, 0.2) is 138 Å². The van der Waals surface area contributed by atoms with Crippen LogP contribution in [0, 0.1) is 0 Å². The van der Waals surface area contributed by atoms with Crippen molar-refractivity contribution in [1.82, 2.24) is 14.5 Å². The molecule has 0 amide bonds. The highest BCUT2D eigenvalue weighted by Crippen LogP contribution is 2.54. The molecule has 47 heavy (non-hydrogen) atoms. The molecule has 0 N–H and O–H groups in total. The molecule has 0 bridgehead atoms. The molecule has 11 rings (SSSR count). The molecule has 2 aliphatic rings. The van der Waals surface area contributed by atoms with Crippen molar-refractivity contribution in [2.75, 3.05) is 0 Å². The zero-order chi connectivity index (χ0) is 30.9. The summed E-state index contributed by atoms with van der Waals surface area (Å²) >= 11 is 0. The van der Waals surface area contributed by atoms with Crippen LogP contribution in [0.25, 0.3) is 93.8 Å². The van der Waals surface area contributed by atoms with Gasteiger partial charge in [-0.2, -0.15) is 0 Å². The lowest BCUT2D eigenvalue weighted by Crippen LogP contribution is -2.22. The SMILES string of the molecule is CC12CC=CC=C1n1c3c2cccc3c2ccc3cc4oc5cc(-c6nc(-c7ccccc7)c7ccccc7n6)ccc5c4cc3c21. The molecule has 4 nitrogen and oxygen atoms in total. The minimum absolute atomic E-state index is 0.0198. The number of hydrogen-bond acceptors (Lipinski definition) is 3. The Morgan fingerprint density at radius 1 is 0.638 bits per heavy atom. The van der Waals surface area contributed by atoms with Gasteiger partial charge in [-0.15, -0.1) is 0 Å². The molecule has 220 valence electrons. The first-order chi connectivity index (χ1) is 23.2. The monoisotopic (exact) mass is 601 g/mol. The summed E-state index contributed by atoms with van der Waals surface area (Å²) in [5.74, 6) is 0.688. The fourth-order valence-electron chi connectivity index (χ4n) is 8.32. The topological polar surface area (TPSA) is 43.9 Å². The number of furan rings is 1. The van der Waals surface area contributed by atoms with Gasteiger partial charge in [0.1, 0.15) is 11.2 Å². The van der Waals surface area contributed by atoms with E-state index in [0.29, 0.717) is 5.82 Å². The first kappa shape index (κ1) is 25.2. The highest BCUT2D eigenvalue weighted by molar-refractivity contribution is 6.24. The lowest BCUT2D eigenvalue weighted by molar-refractivity contribution is 0.623. The number of benzene rings is 6. The highest BCUT2D eigenvalue weighted by atomic mass is 16.3. The maximum absolute atomic E-state index is 6.58. The van der Waals surface area contributed by atoms with E-state index < -0.39 is 0 Å². The predicted octanol–water partition coefficient (Wildman–Crippen LogP) is 11.2. The Morgan fingerprint density at radius 2 is 1.45 bits per heavy atom. The summed E-state index contributed by atoms with van der Waals surface area (Å²) in [6.07, 6.45) is 7.84. The molecule has 4 heteroatoms. The van der Waals surface area contributed by atoms with Crippen LogP contribution in [0.2, 0.25) is 0 Å². The number of allylic oxidation sites excluding steroid dienone is 4. The van der Waals surface area contributed by atoms with Gasteiger partial charge in [-0.1, -0.05) is 97.1 Å². The number of fused-ring (bicyclic) bond motifs is 12. The van der Waals surface area contributed by atoms with E-state index in [1.807, 2.05) is 18.2 Å². The quantitative estimate of drug-likeness (QED) is 0.198. The van der Waals surface area contributed by atoms with E-state index in [0.717, 1.165) is 56.1 Å². The van der Waals surface area contributed by atoms with Crippen LogP contribution in [-0.4, -0.2) is 14.5 Å². The maximum atomic E-state index is 6.58. The molecular formula is C43H27N3O. The van der Waals surface area contributed by atoms with Gasteiger partial charge in [0.05, 0.1) is 22.2 Å². The largest absolute Gasteiger partial charge is 0.456 e. The second-order valence-corrected chi connectivity index (χ2v) is 13.2. The smallest absolute Gasteiger partial charge is 0.160 e. The van der Waals surface area contributed by atoms with Crippen molar-refractivity contribution in [1.29, 1.82) is 0 Å². The summed E-state index contributed by atoms with van der Waals surface area (Å²) in [6.45, 7) is 2.39. The predicted molar refractivity (Wildman–Crippen MR) is 194 cm³/mol. The van der Waals surface area contributed by atoms with Gasteiger partial charge >= 0.3 is 0 Å². The van der Waals surface area contributed by atoms with Crippen molar-refractivity contribution < 1.29 is 4.42 Å². The molecular weight excluding hydrogens is 574 g/mol. The van der Waals surface area contributed by atoms with Gasteiger partial charge in [0.25, 0.3) is 0 Å². The van der Waals surface area contributed by atoms with Gasteiger partial charge < -0.3 is 8.98 Å². The van der Waals surface area contributed by atoms with Crippen molar-refractivity contribution in [3.8, 4) is 22.6 Å². The van der Waals surface area contributed by atoms with Crippen molar-refractivity contribution in [2.24, 2.45) is 0 Å². The van der Waals surface area contributed by atoms with E-state index >= 15 is 0 Å². The van der Waals surface area contributed by atoms with Crippen LogP contribution in [-0.2, 0) is 5.41 Å². The summed E-state index contributed by atoms with van der Waals surface area (Å²) in [5, 5.41) is 8.29. The second-order valence-electron chi connectivity index (χ2n) is 13.2. The number of nitrogens with zero attached hydrogens (tertiary/aromatic N) is 3. The second kappa shape index (κ2) is 8.83. The zero-order valence-electron chi connectivity index (χ0n) is 25.7. The zero-order valence-corrected chi connectivity index (χ0v) is 25.7. The summed E-state index contributed by atoms with van der Waals surface area (Å²) < 4.78 is 9.12. The molecule has 4 heterocycles. The van der Waals surface area contributed by atoms with E-state index in [4.69, 9.17) is 14.4 Å². The Kier molecular flexibility index (Phi) is 4.74. The number of aromatic nitrogens is 3. The normalized spacial score (nSPS) is 17.1. The lowest BCUT2D eigenvalue weighted by atomic mass is 9.76. The highest BCUT2D eigenvalue weighted by Gasteiger charge is 2.41. The molecule has 1 atom stereocenters. The maximum Gasteiger partial charge on any atom is 0.160 e. The number of hydrogen-bond donors (Lipinski definition) is 0. The van der Waals surface area contributed by atoms with Crippen LogP contribution in [0.4, 0.5) is 0 Å². The average molecular weight is 602 g/mol. The molecule has 0 saturated carbocycles. The standard InChI is InChI=1S/C43H27N3O/c1-43-21-8-7-16-38(43)46-40-30(29-13-9-14-34(43)41(29)46)20-17-26-22-37-33(24-32(26)40)28-19-18-27(23-36(28)47-37)42-44-35-15-6-5-12-31(35)39(45-42)25-10-3-2-4-11-25/h2-20,22-24H,21H2,1H3. The Morgan fingerprint density at radius 3 is 2.38 bits per heavy atom. The van der Waals surface area contributed by atoms with Gasteiger partial charge in [-0.3, -0.25) is 0 Å². The van der Waals surface area contributed by atoms with Crippen LogP contribution >= 0.6 is 0 Å². The van der Waals surface area contributed by atoms with Crippen molar-refractivity contribution in [3.05, 3.63) is 139 Å². The summed E-state index contributed by atoms with van der Waals surface area (Å²) in [6, 6.07) is 40.9. The van der Waals surface area contributed by atoms with Crippen molar-refractivity contribution in [3.63, 3.8) is 0 Å². The Labute approximate surface area is 269 Å². The molecule has 0 radical (unpaired) electrons. The van der Waals surface area contributed by atoms with Crippen LogP contribution in [0.5, 0.6) is 0 Å². The fourth-order valence-corrected chi connectivity index (χ4v) is 8.32. The summed E-state index contributed by atoms with van der Waals surface area (Å²) in [5.41, 5.74) is 11.0. The Balaban J connectivity index is 1.14. The minimum Gasteiger partial charge on any atom is -0.456 e. The van der Waals surface area contributed by atoms with Gasteiger partial charge in [0, 0.05) is 54.6 Å². The molecule has 1 unspecified atom stereocenters. The third-order valence-electron chi connectivity index (χ3n) is 10.6. The first-order valence-electron chi connectivity index (χ1n) is 16.2. The summed E-state index contributed by atoms with van der Waals surface area (Å²) in [7, 11) is 0. The van der Waals surface area contributed by atoms with E-state index in [2.05, 4.69) is 127 Å². The lowest BCUT2D eigenvalue weighted by Gasteiger charge is -2.29. The molecule has 0 spiro atoms. The fraction of sp³-hybridized carbons (Fsp3) is 0.0698. The Hall–Kier alpha value is -6.00. The van der Waals surface area contributed by atoms with Gasteiger partial charge in [0.2, 0.25) is 0 Å². The molecule has 9 aromatic rings. The van der Waals surface area contributed by atoms with Crippen LogP contribution < -0.4 is 0 Å². The molecule has 6 aromatic carbocycles. The molecule has 0 fully saturated rings. The van der Waals surface area contributed by atoms with E-state index in [1.54, 1.807) is 0 Å². The van der Waals surface area contributed by atoms with Crippen LogP contribution in [0.3, 0.4) is 0 Å². The molecule has 1 aliphatic heterocycles. The molecule has 0 saturated heterocycles. The number of rotatable bonds is 2. The van der Waals surface area contributed by atoms with Crippen molar-refractivity contribution >= 4 is 71.1 Å². The van der Waals surface area contributed by atoms with E-state index in [9.17, 15) is 0 Å².